The summed E-state index contributed by atoms with van der Waals surface area (Å²) in [6, 6.07) is 4.12. The van der Waals surface area contributed by atoms with E-state index in [2.05, 4.69) is 42.8 Å². The highest BCUT2D eigenvalue weighted by molar-refractivity contribution is 5.68. The van der Waals surface area contributed by atoms with Crippen molar-refractivity contribution in [1.29, 1.82) is 0 Å². The minimum Gasteiger partial charge on any atom is -0.353 e. The summed E-state index contributed by atoms with van der Waals surface area (Å²) in [5, 5.41) is 4.31. The largest absolute Gasteiger partial charge is 0.353 e. The molecular weight excluding hydrogens is 340 g/mol. The summed E-state index contributed by atoms with van der Waals surface area (Å²) in [6.07, 6.45) is 7.99. The number of aryl methyl sites for hydroxylation is 1. The number of hydrogen-bond donors (Lipinski definition) is 0. The quantitative estimate of drug-likeness (QED) is 0.701. The van der Waals surface area contributed by atoms with E-state index < -0.39 is 0 Å². The number of nitrogens with zero attached hydrogens (tertiary/aromatic N) is 8. The zero-order valence-electron chi connectivity index (χ0n) is 15.6. The van der Waals surface area contributed by atoms with E-state index in [-0.39, 0.29) is 0 Å². The van der Waals surface area contributed by atoms with Crippen LogP contribution in [0.3, 0.4) is 0 Å². The first kappa shape index (κ1) is 16.3. The zero-order chi connectivity index (χ0) is 18.2. The molecule has 0 aromatic carbocycles. The zero-order valence-corrected chi connectivity index (χ0v) is 15.6. The fourth-order valence-electron chi connectivity index (χ4n) is 3.99. The second kappa shape index (κ2) is 6.68. The minimum atomic E-state index is 0.885. The summed E-state index contributed by atoms with van der Waals surface area (Å²) in [5.41, 5.74) is 2.09. The van der Waals surface area contributed by atoms with E-state index in [9.17, 15) is 0 Å². The van der Waals surface area contributed by atoms with Crippen LogP contribution < -0.4 is 14.7 Å². The third-order valence-corrected chi connectivity index (χ3v) is 5.43. The summed E-state index contributed by atoms with van der Waals surface area (Å²) in [5.74, 6) is 2.93. The lowest BCUT2D eigenvalue weighted by atomic mass is 10.3. The topological polar surface area (TPSA) is 65.7 Å². The van der Waals surface area contributed by atoms with E-state index in [1.54, 1.807) is 0 Å². The Morgan fingerprint density at radius 1 is 0.852 bits per heavy atom. The van der Waals surface area contributed by atoms with Crippen molar-refractivity contribution in [3.63, 3.8) is 0 Å². The van der Waals surface area contributed by atoms with Crippen LogP contribution in [0.2, 0.25) is 0 Å². The van der Waals surface area contributed by atoms with Gasteiger partial charge in [0.25, 0.3) is 0 Å². The highest BCUT2D eigenvalue weighted by Gasteiger charge is 2.23. The molecule has 2 aliphatic heterocycles. The Kier molecular flexibility index (Phi) is 4.03. The number of aromatic nitrogens is 5. The minimum absolute atomic E-state index is 0.885. The average molecular weight is 364 g/mol. The van der Waals surface area contributed by atoms with Crippen LogP contribution in [-0.2, 0) is 0 Å². The standard InChI is InChI=1S/C19H24N8/c1-15-14-17(23-19(22-15)26-7-2-3-8-26)24-10-12-25(13-11-24)18-16-4-5-21-27(16)9-6-20-18/h4-6,9,14H,2-3,7-8,10-13H2,1H3. The molecule has 0 radical (unpaired) electrons. The van der Waals surface area contributed by atoms with E-state index in [1.807, 2.05) is 29.2 Å². The third kappa shape index (κ3) is 3.05. The molecule has 2 aliphatic rings. The maximum absolute atomic E-state index is 4.87. The highest BCUT2D eigenvalue weighted by Crippen LogP contribution is 2.24. The molecule has 0 spiro atoms. The van der Waals surface area contributed by atoms with Crippen LogP contribution in [0.15, 0.2) is 30.7 Å². The second-order valence-corrected chi connectivity index (χ2v) is 7.25. The lowest BCUT2D eigenvalue weighted by Gasteiger charge is -2.36. The Morgan fingerprint density at radius 2 is 1.63 bits per heavy atom. The van der Waals surface area contributed by atoms with Crippen molar-refractivity contribution in [1.82, 2.24) is 24.6 Å². The SMILES string of the molecule is Cc1cc(N2CCN(c3nccn4nccc34)CC2)nc(N2CCCC2)n1. The van der Waals surface area contributed by atoms with Crippen LogP contribution in [0.4, 0.5) is 17.6 Å². The second-order valence-electron chi connectivity index (χ2n) is 7.25. The van der Waals surface area contributed by atoms with E-state index in [1.165, 1.54) is 12.8 Å². The summed E-state index contributed by atoms with van der Waals surface area (Å²) >= 11 is 0. The Bertz CT molecular complexity index is 938. The van der Waals surface area contributed by atoms with Crippen LogP contribution in [0, 0.1) is 6.92 Å². The van der Waals surface area contributed by atoms with E-state index in [4.69, 9.17) is 4.98 Å². The van der Waals surface area contributed by atoms with Gasteiger partial charge >= 0.3 is 0 Å². The Morgan fingerprint density at radius 3 is 2.44 bits per heavy atom. The molecular formula is C19H24N8. The molecule has 0 N–H and O–H groups in total. The molecule has 5 rings (SSSR count). The van der Waals surface area contributed by atoms with Gasteiger partial charge in [-0.1, -0.05) is 0 Å². The molecule has 2 saturated heterocycles. The van der Waals surface area contributed by atoms with Crippen molar-refractivity contribution in [2.45, 2.75) is 19.8 Å². The van der Waals surface area contributed by atoms with Gasteiger partial charge in [0.05, 0.1) is 6.20 Å². The molecule has 0 bridgehead atoms. The van der Waals surface area contributed by atoms with Crippen molar-refractivity contribution in [3.05, 3.63) is 36.4 Å². The lowest BCUT2D eigenvalue weighted by molar-refractivity contribution is 0.640. The van der Waals surface area contributed by atoms with Gasteiger partial charge < -0.3 is 14.7 Å². The number of piperazine rings is 1. The van der Waals surface area contributed by atoms with Crippen LogP contribution in [0.1, 0.15) is 18.5 Å². The third-order valence-electron chi connectivity index (χ3n) is 5.43. The van der Waals surface area contributed by atoms with E-state index in [0.717, 1.165) is 68.1 Å². The summed E-state index contributed by atoms with van der Waals surface area (Å²) in [7, 11) is 0. The lowest BCUT2D eigenvalue weighted by Crippen LogP contribution is -2.47. The number of rotatable bonds is 3. The van der Waals surface area contributed by atoms with Crippen molar-refractivity contribution < 1.29 is 0 Å². The maximum Gasteiger partial charge on any atom is 0.227 e. The first-order valence-corrected chi connectivity index (χ1v) is 9.67. The van der Waals surface area contributed by atoms with E-state index >= 15 is 0 Å². The van der Waals surface area contributed by atoms with Gasteiger partial charge in [-0.05, 0) is 25.8 Å². The van der Waals surface area contributed by atoms with Gasteiger partial charge in [0, 0.05) is 63.4 Å². The molecule has 27 heavy (non-hydrogen) atoms. The molecule has 0 aliphatic carbocycles. The van der Waals surface area contributed by atoms with Gasteiger partial charge in [-0.25, -0.2) is 14.5 Å². The van der Waals surface area contributed by atoms with Crippen LogP contribution >= 0.6 is 0 Å². The van der Waals surface area contributed by atoms with Gasteiger partial charge in [-0.3, -0.25) is 0 Å². The van der Waals surface area contributed by atoms with Crippen molar-refractivity contribution in [2.75, 3.05) is 54.0 Å². The van der Waals surface area contributed by atoms with Gasteiger partial charge in [-0.15, -0.1) is 0 Å². The molecule has 3 aromatic rings. The van der Waals surface area contributed by atoms with Crippen LogP contribution in [0.5, 0.6) is 0 Å². The monoisotopic (exact) mass is 364 g/mol. The molecule has 140 valence electrons. The van der Waals surface area contributed by atoms with E-state index in [0.29, 0.717) is 0 Å². The summed E-state index contributed by atoms with van der Waals surface area (Å²) in [4.78, 5) is 21.1. The number of hydrogen-bond acceptors (Lipinski definition) is 7. The maximum atomic E-state index is 4.87. The van der Waals surface area contributed by atoms with Crippen molar-refractivity contribution >= 4 is 23.1 Å². The fraction of sp³-hybridized carbons (Fsp3) is 0.474. The molecule has 5 heterocycles. The normalized spacial score (nSPS) is 17.9. The predicted octanol–water partition coefficient (Wildman–Crippen LogP) is 1.75. The number of anilines is 3. The average Bonchev–Trinajstić information content (AvgIpc) is 3.39. The molecule has 0 saturated carbocycles. The number of fused-ring (bicyclic) bond motifs is 1. The summed E-state index contributed by atoms with van der Waals surface area (Å²) in [6.45, 7) is 7.88. The Labute approximate surface area is 158 Å². The molecule has 8 heteroatoms. The Hall–Kier alpha value is -2.90. The van der Waals surface area contributed by atoms with Crippen molar-refractivity contribution in [2.24, 2.45) is 0 Å². The van der Waals surface area contributed by atoms with Gasteiger partial charge in [-0.2, -0.15) is 10.1 Å². The molecule has 0 atom stereocenters. The first-order valence-electron chi connectivity index (χ1n) is 9.67. The molecule has 8 nitrogen and oxygen atoms in total. The fourth-order valence-corrected chi connectivity index (χ4v) is 3.99. The molecule has 0 unspecified atom stereocenters. The molecule has 2 fully saturated rings. The predicted molar refractivity (Wildman–Crippen MR) is 106 cm³/mol. The smallest absolute Gasteiger partial charge is 0.227 e. The van der Waals surface area contributed by atoms with Crippen LogP contribution in [-0.4, -0.2) is 63.8 Å². The summed E-state index contributed by atoms with van der Waals surface area (Å²) < 4.78 is 1.88. The highest BCUT2D eigenvalue weighted by atomic mass is 15.3. The van der Waals surface area contributed by atoms with Gasteiger partial charge in [0.15, 0.2) is 5.82 Å². The van der Waals surface area contributed by atoms with Gasteiger partial charge in [0.1, 0.15) is 11.3 Å². The molecule has 0 amide bonds. The van der Waals surface area contributed by atoms with Crippen molar-refractivity contribution in [3.8, 4) is 0 Å². The van der Waals surface area contributed by atoms with Gasteiger partial charge in [0.2, 0.25) is 5.95 Å². The Balaban J connectivity index is 1.34. The first-order chi connectivity index (χ1) is 13.3. The molecule has 3 aromatic heterocycles. The van der Waals surface area contributed by atoms with Crippen LogP contribution in [0.25, 0.3) is 5.52 Å².